The summed E-state index contributed by atoms with van der Waals surface area (Å²) in [6, 6.07) is 3.82. The minimum absolute atomic E-state index is 0.0728. The normalized spacial score (nSPS) is 18.9. The van der Waals surface area contributed by atoms with Crippen LogP contribution >= 0.6 is 0 Å². The van der Waals surface area contributed by atoms with E-state index in [4.69, 9.17) is 4.52 Å². The van der Waals surface area contributed by atoms with Gasteiger partial charge in [-0.2, -0.15) is 5.10 Å². The Morgan fingerprint density at radius 3 is 2.91 bits per heavy atom. The van der Waals surface area contributed by atoms with Crippen LogP contribution in [-0.2, 0) is 0 Å². The lowest BCUT2D eigenvalue weighted by Crippen LogP contribution is -2.39. The molecule has 118 valence electrons. The van der Waals surface area contributed by atoms with Crippen LogP contribution in [0.4, 0.5) is 0 Å². The van der Waals surface area contributed by atoms with Gasteiger partial charge >= 0.3 is 0 Å². The van der Waals surface area contributed by atoms with Gasteiger partial charge in [0.2, 0.25) is 5.76 Å². The first kappa shape index (κ1) is 14.8. The molecule has 6 heteroatoms. The summed E-state index contributed by atoms with van der Waals surface area (Å²) in [7, 11) is 0. The first-order valence-corrected chi connectivity index (χ1v) is 7.82. The summed E-state index contributed by atoms with van der Waals surface area (Å²) in [5.41, 5.74) is 2.91. The van der Waals surface area contributed by atoms with Crippen molar-refractivity contribution in [2.75, 3.05) is 13.1 Å². The number of carbonyl (C=O) groups is 1. The maximum absolute atomic E-state index is 12.6. The molecule has 1 aliphatic heterocycles. The van der Waals surface area contributed by atoms with Gasteiger partial charge in [-0.1, -0.05) is 19.0 Å². The van der Waals surface area contributed by atoms with Crippen LogP contribution in [0.25, 0.3) is 0 Å². The molecule has 0 radical (unpaired) electrons. The summed E-state index contributed by atoms with van der Waals surface area (Å²) in [5.74, 6) is 0.806. The average molecular weight is 302 g/mol. The number of aryl methyl sites for hydroxylation is 1. The second-order valence-corrected chi connectivity index (χ2v) is 6.34. The van der Waals surface area contributed by atoms with Crippen LogP contribution in [0.15, 0.2) is 16.7 Å². The van der Waals surface area contributed by atoms with Gasteiger partial charge in [-0.3, -0.25) is 9.89 Å². The molecule has 3 heterocycles. The molecule has 1 aliphatic rings. The van der Waals surface area contributed by atoms with Crippen molar-refractivity contribution < 1.29 is 9.32 Å². The van der Waals surface area contributed by atoms with Crippen LogP contribution in [0, 0.1) is 6.92 Å². The number of piperidine rings is 1. The van der Waals surface area contributed by atoms with Crippen LogP contribution < -0.4 is 0 Å². The zero-order valence-corrected chi connectivity index (χ0v) is 13.3. The Kier molecular flexibility index (Phi) is 4.00. The Bertz CT molecular complexity index is 659. The standard InChI is InChI=1S/C16H22N4O2/c1-10(2)13-8-15(22-19-13)16(21)20-6-4-5-12(9-20)14-7-11(3)17-18-14/h7-8,10,12H,4-6,9H2,1-3H3,(H,17,18)/t12-/m0/s1. The Labute approximate surface area is 129 Å². The third-order valence-electron chi connectivity index (χ3n) is 4.18. The fourth-order valence-corrected chi connectivity index (χ4v) is 2.87. The molecule has 0 unspecified atom stereocenters. The van der Waals surface area contributed by atoms with E-state index in [2.05, 4.69) is 21.4 Å². The number of hydrogen-bond acceptors (Lipinski definition) is 4. The van der Waals surface area contributed by atoms with Crippen LogP contribution in [0.2, 0.25) is 0 Å². The average Bonchev–Trinajstić information content (AvgIpc) is 3.15. The number of amides is 1. The molecule has 1 fully saturated rings. The second-order valence-electron chi connectivity index (χ2n) is 6.34. The number of carbonyl (C=O) groups excluding carboxylic acids is 1. The quantitative estimate of drug-likeness (QED) is 0.946. The van der Waals surface area contributed by atoms with E-state index >= 15 is 0 Å². The highest BCUT2D eigenvalue weighted by atomic mass is 16.5. The predicted octanol–water partition coefficient (Wildman–Crippen LogP) is 2.85. The highest BCUT2D eigenvalue weighted by Gasteiger charge is 2.29. The minimum atomic E-state index is -0.0728. The van der Waals surface area contributed by atoms with Crippen LogP contribution in [0.3, 0.4) is 0 Å². The molecule has 3 rings (SSSR count). The van der Waals surface area contributed by atoms with Crippen molar-refractivity contribution in [1.82, 2.24) is 20.3 Å². The van der Waals surface area contributed by atoms with Gasteiger partial charge in [0.1, 0.15) is 0 Å². The molecular weight excluding hydrogens is 280 g/mol. The number of nitrogens with zero attached hydrogens (tertiary/aromatic N) is 3. The van der Waals surface area contributed by atoms with Crippen molar-refractivity contribution in [3.8, 4) is 0 Å². The van der Waals surface area contributed by atoms with Gasteiger partial charge in [0, 0.05) is 30.8 Å². The van der Waals surface area contributed by atoms with Gasteiger partial charge in [-0.15, -0.1) is 0 Å². The molecule has 0 saturated carbocycles. The highest BCUT2D eigenvalue weighted by molar-refractivity contribution is 5.91. The summed E-state index contributed by atoms with van der Waals surface area (Å²) in [6.07, 6.45) is 2.04. The lowest BCUT2D eigenvalue weighted by atomic mass is 9.94. The molecule has 1 saturated heterocycles. The molecule has 0 aliphatic carbocycles. The van der Waals surface area contributed by atoms with E-state index in [1.165, 1.54) is 0 Å². The van der Waals surface area contributed by atoms with Crippen molar-refractivity contribution >= 4 is 5.91 Å². The fraction of sp³-hybridized carbons (Fsp3) is 0.562. The molecule has 2 aromatic rings. The van der Waals surface area contributed by atoms with E-state index < -0.39 is 0 Å². The van der Waals surface area contributed by atoms with Crippen LogP contribution in [0.1, 0.15) is 66.2 Å². The number of rotatable bonds is 3. The summed E-state index contributed by atoms with van der Waals surface area (Å²) >= 11 is 0. The molecule has 6 nitrogen and oxygen atoms in total. The third kappa shape index (κ3) is 2.91. The lowest BCUT2D eigenvalue weighted by molar-refractivity contribution is 0.0663. The van der Waals surface area contributed by atoms with Gasteiger partial charge in [0.25, 0.3) is 5.91 Å². The van der Waals surface area contributed by atoms with Gasteiger partial charge in [-0.05, 0) is 31.7 Å². The zero-order chi connectivity index (χ0) is 15.7. The Balaban J connectivity index is 1.72. The summed E-state index contributed by atoms with van der Waals surface area (Å²) in [6.45, 7) is 7.49. The first-order chi connectivity index (χ1) is 10.5. The van der Waals surface area contributed by atoms with E-state index in [1.54, 1.807) is 6.07 Å². The van der Waals surface area contributed by atoms with E-state index in [1.807, 2.05) is 25.7 Å². The number of aromatic nitrogens is 3. The minimum Gasteiger partial charge on any atom is -0.351 e. The van der Waals surface area contributed by atoms with Gasteiger partial charge < -0.3 is 9.42 Å². The second kappa shape index (κ2) is 5.94. The van der Waals surface area contributed by atoms with Crippen molar-refractivity contribution in [1.29, 1.82) is 0 Å². The van der Waals surface area contributed by atoms with E-state index in [0.717, 1.165) is 36.5 Å². The van der Waals surface area contributed by atoms with E-state index in [-0.39, 0.29) is 17.7 Å². The number of nitrogens with one attached hydrogen (secondary N) is 1. The smallest absolute Gasteiger partial charge is 0.292 e. The topological polar surface area (TPSA) is 75.0 Å². The van der Waals surface area contributed by atoms with E-state index in [9.17, 15) is 4.79 Å². The molecular formula is C16H22N4O2. The number of hydrogen-bond donors (Lipinski definition) is 1. The van der Waals surface area contributed by atoms with Crippen LogP contribution in [0.5, 0.6) is 0 Å². The molecule has 0 bridgehead atoms. The summed E-state index contributed by atoms with van der Waals surface area (Å²) < 4.78 is 5.22. The molecule has 0 aromatic carbocycles. The molecule has 22 heavy (non-hydrogen) atoms. The fourth-order valence-electron chi connectivity index (χ4n) is 2.87. The number of aromatic amines is 1. The maximum Gasteiger partial charge on any atom is 0.292 e. The van der Waals surface area contributed by atoms with Crippen molar-refractivity contribution in [2.45, 2.75) is 45.4 Å². The first-order valence-electron chi connectivity index (χ1n) is 7.82. The number of H-pyrrole nitrogens is 1. The molecule has 2 aromatic heterocycles. The van der Waals surface area contributed by atoms with Gasteiger partial charge in [0.15, 0.2) is 0 Å². The molecule has 1 atom stereocenters. The third-order valence-corrected chi connectivity index (χ3v) is 4.18. The Morgan fingerprint density at radius 2 is 2.27 bits per heavy atom. The largest absolute Gasteiger partial charge is 0.351 e. The Hall–Kier alpha value is -2.11. The van der Waals surface area contributed by atoms with Crippen LogP contribution in [-0.4, -0.2) is 39.3 Å². The highest BCUT2D eigenvalue weighted by Crippen LogP contribution is 2.27. The van der Waals surface area contributed by atoms with E-state index in [0.29, 0.717) is 12.3 Å². The molecule has 0 spiro atoms. The summed E-state index contributed by atoms with van der Waals surface area (Å²) in [5, 5.41) is 11.3. The van der Waals surface area contributed by atoms with Gasteiger partial charge in [-0.25, -0.2) is 0 Å². The predicted molar refractivity (Wildman–Crippen MR) is 81.8 cm³/mol. The van der Waals surface area contributed by atoms with Gasteiger partial charge in [0.05, 0.1) is 11.4 Å². The Morgan fingerprint density at radius 1 is 1.45 bits per heavy atom. The van der Waals surface area contributed by atoms with Crippen molar-refractivity contribution in [2.24, 2.45) is 0 Å². The number of likely N-dealkylation sites (tertiary alicyclic amines) is 1. The van der Waals surface area contributed by atoms with Crippen molar-refractivity contribution in [3.63, 3.8) is 0 Å². The lowest BCUT2D eigenvalue weighted by Gasteiger charge is -2.31. The summed E-state index contributed by atoms with van der Waals surface area (Å²) in [4.78, 5) is 14.4. The SMILES string of the molecule is Cc1cc([C@H]2CCCN(C(=O)c3cc(C(C)C)no3)C2)n[nH]1. The maximum atomic E-state index is 12.6. The zero-order valence-electron chi connectivity index (χ0n) is 13.3. The van der Waals surface area contributed by atoms with Crippen molar-refractivity contribution in [3.05, 3.63) is 35.0 Å². The molecule has 1 N–H and O–H groups in total. The monoisotopic (exact) mass is 302 g/mol. The molecule has 1 amide bonds.